The van der Waals surface area contributed by atoms with Gasteiger partial charge in [-0.3, -0.25) is 0 Å². The van der Waals surface area contributed by atoms with Crippen LogP contribution in [-0.4, -0.2) is 49.2 Å². The molecule has 2 saturated heterocycles. The Bertz CT molecular complexity index is 586. The van der Waals surface area contributed by atoms with Crippen LogP contribution in [0.15, 0.2) is 24.3 Å². The summed E-state index contributed by atoms with van der Waals surface area (Å²) in [5, 5.41) is 0. The normalized spacial score (nSPS) is 27.3. The van der Waals surface area contributed by atoms with Gasteiger partial charge in [0.1, 0.15) is 6.10 Å². The number of methoxy groups -OCH3 is 1. The number of benzene rings is 1. The van der Waals surface area contributed by atoms with Crippen molar-refractivity contribution in [3.63, 3.8) is 0 Å². The van der Waals surface area contributed by atoms with Gasteiger partial charge in [0, 0.05) is 24.9 Å². The smallest absolute Gasteiger partial charge is 0.339 e. The predicted molar refractivity (Wildman–Crippen MR) is 85.4 cm³/mol. The summed E-state index contributed by atoms with van der Waals surface area (Å²) in [5.74, 6) is -0.948. The number of piperidine rings is 2. The first-order valence-electron chi connectivity index (χ1n) is 8.20. The molecular formula is C18H23NO4. The zero-order chi connectivity index (χ0) is 16.4. The fourth-order valence-corrected chi connectivity index (χ4v) is 3.83. The Morgan fingerprint density at radius 2 is 1.61 bits per heavy atom. The lowest BCUT2D eigenvalue weighted by atomic mass is 9.83. The van der Waals surface area contributed by atoms with Gasteiger partial charge in [-0.05, 0) is 32.0 Å². The van der Waals surface area contributed by atoms with Crippen LogP contribution in [0.25, 0.3) is 0 Å². The van der Waals surface area contributed by atoms with Crippen molar-refractivity contribution in [3.05, 3.63) is 35.4 Å². The maximum absolute atomic E-state index is 12.5. The molecule has 0 amide bonds. The van der Waals surface area contributed by atoms with E-state index in [4.69, 9.17) is 9.47 Å². The highest BCUT2D eigenvalue weighted by atomic mass is 16.5. The molecule has 3 rings (SSSR count). The van der Waals surface area contributed by atoms with E-state index in [1.165, 1.54) is 26.4 Å². The second-order valence-corrected chi connectivity index (χ2v) is 6.44. The van der Waals surface area contributed by atoms with E-state index in [9.17, 15) is 9.59 Å². The zero-order valence-electron chi connectivity index (χ0n) is 13.7. The van der Waals surface area contributed by atoms with Crippen LogP contribution in [-0.2, 0) is 9.47 Å². The van der Waals surface area contributed by atoms with E-state index in [-0.39, 0.29) is 17.2 Å². The lowest BCUT2D eigenvalue weighted by Gasteiger charge is -2.46. The van der Waals surface area contributed by atoms with Crippen molar-refractivity contribution in [2.45, 2.75) is 50.3 Å². The Morgan fingerprint density at radius 1 is 1.04 bits per heavy atom. The number of rotatable bonds is 3. The average molecular weight is 317 g/mol. The van der Waals surface area contributed by atoms with Crippen LogP contribution in [0, 0.1) is 0 Å². The SMILES string of the molecule is COC(=O)c1ccccc1C(=O)OC1CC2CCCC(C1)N2C. The van der Waals surface area contributed by atoms with Crippen LogP contribution < -0.4 is 0 Å². The van der Waals surface area contributed by atoms with Crippen molar-refractivity contribution in [1.29, 1.82) is 0 Å². The number of hydrogen-bond donors (Lipinski definition) is 0. The van der Waals surface area contributed by atoms with Crippen molar-refractivity contribution in [1.82, 2.24) is 4.90 Å². The first-order valence-corrected chi connectivity index (χ1v) is 8.20. The molecule has 2 fully saturated rings. The van der Waals surface area contributed by atoms with Crippen LogP contribution in [0.5, 0.6) is 0 Å². The molecule has 5 heteroatoms. The Kier molecular flexibility index (Phi) is 4.66. The van der Waals surface area contributed by atoms with Crippen LogP contribution in [0.3, 0.4) is 0 Å². The number of carbonyl (C=O) groups is 2. The van der Waals surface area contributed by atoms with E-state index in [0.29, 0.717) is 12.1 Å². The number of carbonyl (C=O) groups excluding carboxylic acids is 2. The molecule has 0 N–H and O–H groups in total. The number of fused-ring (bicyclic) bond motifs is 2. The van der Waals surface area contributed by atoms with Gasteiger partial charge < -0.3 is 14.4 Å². The van der Waals surface area contributed by atoms with Crippen molar-refractivity contribution in [2.24, 2.45) is 0 Å². The number of ether oxygens (including phenoxy) is 2. The van der Waals surface area contributed by atoms with Crippen LogP contribution in [0.2, 0.25) is 0 Å². The molecule has 2 unspecified atom stereocenters. The second kappa shape index (κ2) is 6.71. The molecule has 2 aliphatic heterocycles. The summed E-state index contributed by atoms with van der Waals surface area (Å²) in [7, 11) is 3.47. The van der Waals surface area contributed by atoms with Gasteiger partial charge >= 0.3 is 11.9 Å². The minimum atomic E-state index is -0.516. The van der Waals surface area contributed by atoms with Gasteiger partial charge in [-0.1, -0.05) is 18.6 Å². The van der Waals surface area contributed by atoms with Crippen molar-refractivity contribution in [3.8, 4) is 0 Å². The highest BCUT2D eigenvalue weighted by Crippen LogP contribution is 2.34. The zero-order valence-corrected chi connectivity index (χ0v) is 13.7. The van der Waals surface area contributed by atoms with E-state index < -0.39 is 11.9 Å². The Hall–Kier alpha value is -1.88. The van der Waals surface area contributed by atoms with E-state index in [2.05, 4.69) is 11.9 Å². The summed E-state index contributed by atoms with van der Waals surface area (Å²) in [6, 6.07) is 7.64. The number of hydrogen-bond acceptors (Lipinski definition) is 5. The summed E-state index contributed by atoms with van der Waals surface area (Å²) in [4.78, 5) is 26.7. The Labute approximate surface area is 136 Å². The minimum absolute atomic E-state index is 0.0697. The van der Waals surface area contributed by atoms with Crippen molar-refractivity contribution >= 4 is 11.9 Å². The fourth-order valence-electron chi connectivity index (χ4n) is 3.83. The molecule has 1 aromatic carbocycles. The van der Waals surface area contributed by atoms with Gasteiger partial charge in [-0.25, -0.2) is 9.59 Å². The molecular weight excluding hydrogens is 294 g/mol. The topological polar surface area (TPSA) is 55.8 Å². The van der Waals surface area contributed by atoms with Gasteiger partial charge in [-0.15, -0.1) is 0 Å². The summed E-state index contributed by atoms with van der Waals surface area (Å²) in [6.07, 6.45) is 5.27. The van der Waals surface area contributed by atoms with E-state index >= 15 is 0 Å². The van der Waals surface area contributed by atoms with Gasteiger partial charge in [0.2, 0.25) is 0 Å². The molecule has 2 atom stereocenters. The summed E-state index contributed by atoms with van der Waals surface area (Å²) in [6.45, 7) is 0. The highest BCUT2D eigenvalue weighted by molar-refractivity contribution is 6.03. The molecule has 0 aromatic heterocycles. The molecule has 2 heterocycles. The standard InChI is InChI=1S/C18H23NO4/c1-19-12-6-5-7-13(19)11-14(10-12)23-18(21)16-9-4-3-8-15(16)17(20)22-2/h3-4,8-9,12-14H,5-7,10-11H2,1-2H3. The summed E-state index contributed by atoms with van der Waals surface area (Å²) in [5.41, 5.74) is 0.538. The van der Waals surface area contributed by atoms with Crippen LogP contribution in [0.4, 0.5) is 0 Å². The van der Waals surface area contributed by atoms with E-state index in [1.54, 1.807) is 24.3 Å². The predicted octanol–water partition coefficient (Wildman–Crippen LogP) is 2.65. The monoisotopic (exact) mass is 317 g/mol. The van der Waals surface area contributed by atoms with Crippen LogP contribution in [0.1, 0.15) is 52.8 Å². The largest absolute Gasteiger partial charge is 0.465 e. The molecule has 2 aliphatic rings. The van der Waals surface area contributed by atoms with Crippen LogP contribution >= 0.6 is 0 Å². The number of esters is 2. The third kappa shape index (κ3) is 3.24. The van der Waals surface area contributed by atoms with Gasteiger partial charge in [0.25, 0.3) is 0 Å². The molecule has 2 bridgehead atoms. The maximum atomic E-state index is 12.5. The Balaban J connectivity index is 1.72. The third-order valence-electron chi connectivity index (χ3n) is 5.12. The quantitative estimate of drug-likeness (QED) is 0.802. The van der Waals surface area contributed by atoms with Gasteiger partial charge in [0.05, 0.1) is 18.2 Å². The van der Waals surface area contributed by atoms with Gasteiger partial charge in [-0.2, -0.15) is 0 Å². The molecule has 0 spiro atoms. The molecule has 1 aromatic rings. The lowest BCUT2D eigenvalue weighted by Crippen LogP contribution is -2.52. The second-order valence-electron chi connectivity index (χ2n) is 6.44. The maximum Gasteiger partial charge on any atom is 0.339 e. The fraction of sp³-hybridized carbons (Fsp3) is 0.556. The average Bonchev–Trinajstić information content (AvgIpc) is 2.55. The molecule has 0 radical (unpaired) electrons. The third-order valence-corrected chi connectivity index (χ3v) is 5.12. The molecule has 0 saturated carbocycles. The highest BCUT2D eigenvalue weighted by Gasteiger charge is 2.37. The van der Waals surface area contributed by atoms with Crippen molar-refractivity contribution in [2.75, 3.05) is 14.2 Å². The van der Waals surface area contributed by atoms with Crippen molar-refractivity contribution < 1.29 is 19.1 Å². The first-order chi connectivity index (χ1) is 11.1. The minimum Gasteiger partial charge on any atom is -0.465 e. The molecule has 124 valence electrons. The number of nitrogens with zero attached hydrogens (tertiary/aromatic N) is 1. The molecule has 23 heavy (non-hydrogen) atoms. The molecule has 5 nitrogen and oxygen atoms in total. The van der Waals surface area contributed by atoms with Gasteiger partial charge in [0.15, 0.2) is 0 Å². The lowest BCUT2D eigenvalue weighted by molar-refractivity contribution is -0.0320. The first kappa shape index (κ1) is 16.0. The van der Waals surface area contributed by atoms with E-state index in [1.807, 2.05) is 0 Å². The summed E-state index contributed by atoms with van der Waals surface area (Å²) < 4.78 is 10.5. The van der Waals surface area contributed by atoms with E-state index in [0.717, 1.165) is 12.8 Å². The summed E-state index contributed by atoms with van der Waals surface area (Å²) >= 11 is 0. The molecule has 0 aliphatic carbocycles. The Morgan fingerprint density at radius 3 is 2.17 bits per heavy atom.